The van der Waals surface area contributed by atoms with Gasteiger partial charge in [-0.2, -0.15) is 0 Å². The molecule has 0 heterocycles. The van der Waals surface area contributed by atoms with Crippen LogP contribution in [0.2, 0.25) is 0 Å². The largest absolute Gasteiger partial charge is 0.313 e. The Bertz CT molecular complexity index is 271. The van der Waals surface area contributed by atoms with Crippen LogP contribution in [0.4, 0.5) is 0 Å². The Kier molecular flexibility index (Phi) is 3.06. The van der Waals surface area contributed by atoms with Crippen molar-refractivity contribution < 1.29 is 0 Å². The number of hydrogen-bond acceptors (Lipinski definition) is 1. The van der Waals surface area contributed by atoms with E-state index >= 15 is 0 Å². The summed E-state index contributed by atoms with van der Waals surface area (Å²) in [6, 6.07) is 0.820. The highest BCUT2D eigenvalue weighted by Crippen LogP contribution is 2.42. The van der Waals surface area contributed by atoms with Crippen molar-refractivity contribution in [2.75, 3.05) is 6.54 Å². The van der Waals surface area contributed by atoms with Crippen LogP contribution in [0.1, 0.15) is 45.4 Å². The summed E-state index contributed by atoms with van der Waals surface area (Å²) >= 11 is 0. The van der Waals surface area contributed by atoms with Crippen LogP contribution in [0.25, 0.3) is 0 Å². The van der Waals surface area contributed by atoms with Crippen LogP contribution in [0.3, 0.4) is 0 Å². The smallest absolute Gasteiger partial charge is 0.0136 e. The van der Waals surface area contributed by atoms with E-state index in [2.05, 4.69) is 24.4 Å². The molecule has 0 aromatic rings. The highest BCUT2D eigenvalue weighted by atomic mass is 14.9. The fraction of sp³-hybridized carbons (Fsp3) is 0.867. The molecule has 0 saturated heterocycles. The Balaban J connectivity index is 1.41. The van der Waals surface area contributed by atoms with Crippen LogP contribution in [0.15, 0.2) is 12.2 Å². The Hall–Kier alpha value is -0.300. The van der Waals surface area contributed by atoms with Gasteiger partial charge in [0.2, 0.25) is 0 Å². The first-order valence-electron chi connectivity index (χ1n) is 7.23. The van der Waals surface area contributed by atoms with Gasteiger partial charge in [0.1, 0.15) is 0 Å². The minimum absolute atomic E-state index is 0.820. The lowest BCUT2D eigenvalue weighted by Gasteiger charge is -2.42. The van der Waals surface area contributed by atoms with E-state index in [0.717, 1.165) is 29.7 Å². The topological polar surface area (TPSA) is 12.0 Å². The molecular formula is C15H25N. The van der Waals surface area contributed by atoms with E-state index in [4.69, 9.17) is 0 Å². The Morgan fingerprint density at radius 1 is 1.25 bits per heavy atom. The van der Waals surface area contributed by atoms with E-state index in [1.54, 1.807) is 0 Å². The zero-order chi connectivity index (χ0) is 11.0. The molecule has 0 spiro atoms. The van der Waals surface area contributed by atoms with Gasteiger partial charge in [-0.05, 0) is 55.9 Å². The SMILES string of the molecule is CC1CCCC(CNC2CC3CC=CC32)C1. The van der Waals surface area contributed by atoms with Gasteiger partial charge in [0.15, 0.2) is 0 Å². The minimum Gasteiger partial charge on any atom is -0.313 e. The monoisotopic (exact) mass is 219 g/mol. The fourth-order valence-electron chi connectivity index (χ4n) is 4.01. The first-order chi connectivity index (χ1) is 7.83. The summed E-state index contributed by atoms with van der Waals surface area (Å²) in [4.78, 5) is 0. The molecule has 2 fully saturated rings. The van der Waals surface area contributed by atoms with Crippen molar-refractivity contribution in [3.8, 4) is 0 Å². The summed E-state index contributed by atoms with van der Waals surface area (Å²) in [5, 5.41) is 3.83. The van der Waals surface area contributed by atoms with E-state index in [0.29, 0.717) is 0 Å². The number of fused-ring (bicyclic) bond motifs is 1. The quantitative estimate of drug-likeness (QED) is 0.718. The van der Waals surface area contributed by atoms with Crippen molar-refractivity contribution in [1.29, 1.82) is 0 Å². The van der Waals surface area contributed by atoms with Crippen LogP contribution < -0.4 is 5.32 Å². The summed E-state index contributed by atoms with van der Waals surface area (Å²) in [5.74, 6) is 3.83. The molecule has 0 bridgehead atoms. The van der Waals surface area contributed by atoms with Crippen LogP contribution in [0.5, 0.6) is 0 Å². The zero-order valence-electron chi connectivity index (χ0n) is 10.5. The summed E-state index contributed by atoms with van der Waals surface area (Å²) in [5.41, 5.74) is 0. The van der Waals surface area contributed by atoms with E-state index < -0.39 is 0 Å². The number of nitrogens with one attached hydrogen (secondary N) is 1. The average Bonchev–Trinajstić information content (AvgIpc) is 2.61. The van der Waals surface area contributed by atoms with Gasteiger partial charge in [-0.1, -0.05) is 31.9 Å². The van der Waals surface area contributed by atoms with Crippen LogP contribution in [0, 0.1) is 23.7 Å². The van der Waals surface area contributed by atoms with Gasteiger partial charge in [-0.15, -0.1) is 0 Å². The van der Waals surface area contributed by atoms with Crippen molar-refractivity contribution in [3.05, 3.63) is 12.2 Å². The van der Waals surface area contributed by atoms with Gasteiger partial charge in [0.05, 0.1) is 0 Å². The molecule has 0 aromatic carbocycles. The molecule has 0 aromatic heterocycles. The van der Waals surface area contributed by atoms with Gasteiger partial charge in [-0.25, -0.2) is 0 Å². The van der Waals surface area contributed by atoms with Crippen LogP contribution >= 0.6 is 0 Å². The van der Waals surface area contributed by atoms with Crippen molar-refractivity contribution in [1.82, 2.24) is 5.32 Å². The lowest BCUT2D eigenvalue weighted by Crippen LogP contribution is -2.49. The summed E-state index contributed by atoms with van der Waals surface area (Å²) < 4.78 is 0. The Morgan fingerprint density at radius 3 is 3.00 bits per heavy atom. The maximum Gasteiger partial charge on any atom is 0.0136 e. The molecule has 1 heteroatoms. The molecule has 5 unspecified atom stereocenters. The molecule has 3 rings (SSSR count). The molecule has 3 aliphatic rings. The molecule has 5 atom stereocenters. The lowest BCUT2D eigenvalue weighted by molar-refractivity contribution is 0.149. The van der Waals surface area contributed by atoms with Crippen molar-refractivity contribution in [2.24, 2.45) is 23.7 Å². The lowest BCUT2D eigenvalue weighted by atomic mass is 9.71. The molecular weight excluding hydrogens is 194 g/mol. The summed E-state index contributed by atoms with van der Waals surface area (Å²) in [6.07, 6.45) is 13.5. The highest BCUT2D eigenvalue weighted by Gasteiger charge is 2.40. The average molecular weight is 219 g/mol. The third-order valence-electron chi connectivity index (χ3n) is 5.08. The molecule has 90 valence electrons. The number of hydrogen-bond donors (Lipinski definition) is 1. The molecule has 1 nitrogen and oxygen atoms in total. The number of rotatable bonds is 3. The molecule has 0 radical (unpaired) electrons. The maximum atomic E-state index is 3.83. The number of allylic oxidation sites excluding steroid dienone is 1. The first-order valence-corrected chi connectivity index (χ1v) is 7.23. The van der Waals surface area contributed by atoms with Gasteiger partial charge in [-0.3, -0.25) is 0 Å². The second-order valence-corrected chi connectivity index (χ2v) is 6.39. The van der Waals surface area contributed by atoms with Crippen LogP contribution in [-0.4, -0.2) is 12.6 Å². The molecule has 0 amide bonds. The summed E-state index contributed by atoms with van der Waals surface area (Å²) in [7, 11) is 0. The second-order valence-electron chi connectivity index (χ2n) is 6.39. The Morgan fingerprint density at radius 2 is 2.19 bits per heavy atom. The van der Waals surface area contributed by atoms with Gasteiger partial charge in [0.25, 0.3) is 0 Å². The molecule has 1 N–H and O–H groups in total. The molecule has 2 saturated carbocycles. The predicted molar refractivity (Wildman–Crippen MR) is 68.3 cm³/mol. The first kappa shape index (κ1) is 10.8. The zero-order valence-corrected chi connectivity index (χ0v) is 10.5. The van der Waals surface area contributed by atoms with E-state index in [-0.39, 0.29) is 0 Å². The third kappa shape index (κ3) is 2.07. The van der Waals surface area contributed by atoms with Crippen molar-refractivity contribution in [2.45, 2.75) is 51.5 Å². The molecule has 0 aliphatic heterocycles. The second kappa shape index (κ2) is 4.52. The predicted octanol–water partition coefficient (Wildman–Crippen LogP) is 3.37. The third-order valence-corrected chi connectivity index (χ3v) is 5.08. The maximum absolute atomic E-state index is 3.83. The van der Waals surface area contributed by atoms with Crippen LogP contribution in [-0.2, 0) is 0 Å². The van der Waals surface area contributed by atoms with Crippen molar-refractivity contribution >= 4 is 0 Å². The van der Waals surface area contributed by atoms with Gasteiger partial charge in [0, 0.05) is 6.04 Å². The summed E-state index contributed by atoms with van der Waals surface area (Å²) in [6.45, 7) is 3.71. The van der Waals surface area contributed by atoms with E-state index in [1.165, 1.54) is 45.1 Å². The van der Waals surface area contributed by atoms with Gasteiger partial charge < -0.3 is 5.32 Å². The van der Waals surface area contributed by atoms with E-state index in [1.807, 2.05) is 0 Å². The minimum atomic E-state index is 0.820. The normalized spacial score (nSPS) is 46.4. The molecule has 16 heavy (non-hydrogen) atoms. The van der Waals surface area contributed by atoms with Crippen molar-refractivity contribution in [3.63, 3.8) is 0 Å². The highest BCUT2D eigenvalue weighted by molar-refractivity contribution is 5.12. The van der Waals surface area contributed by atoms with E-state index in [9.17, 15) is 0 Å². The standard InChI is InChI=1S/C15H25N/c1-11-4-2-5-12(8-11)10-16-15-9-13-6-3-7-14(13)15/h3,7,11-16H,2,4-6,8-10H2,1H3. The Labute approximate surface area is 99.7 Å². The fourth-order valence-corrected chi connectivity index (χ4v) is 4.01. The molecule has 3 aliphatic carbocycles. The van der Waals surface area contributed by atoms with Gasteiger partial charge >= 0.3 is 0 Å².